The second-order valence-electron chi connectivity index (χ2n) is 19.5. The Morgan fingerprint density at radius 2 is 0.853 bits per heavy atom. The van der Waals surface area contributed by atoms with Crippen molar-refractivity contribution < 1.29 is 4.42 Å². The van der Waals surface area contributed by atoms with Crippen LogP contribution < -0.4 is 0 Å². The fraction of sp³-hybridized carbons (Fsp3) is 0. The van der Waals surface area contributed by atoms with E-state index in [-0.39, 0.29) is 0 Å². The molecule has 0 saturated heterocycles. The molecule has 0 N–H and O–H groups in total. The quantitative estimate of drug-likeness (QED) is 0.156. The third-order valence-electron chi connectivity index (χ3n) is 15.4. The number of fused-ring (bicyclic) bond motifs is 14. The SMILES string of the molecule is c1ccc(-c2nc(-c3cc4ccccc4c4ccccc34)nc(-n3c4ccccc4c4ccc5c6ccccc6n(-c6cc(-c7ccc(-c8cccc9ccccc89)cc7)c7oc8ccccc8c7c6)c5c43)n2)cc1. The molecule has 0 saturated carbocycles. The molecule has 0 amide bonds. The Morgan fingerprint density at radius 3 is 1.61 bits per heavy atom. The number of rotatable bonds is 6. The Morgan fingerprint density at radius 1 is 0.293 bits per heavy atom. The lowest BCUT2D eigenvalue weighted by Gasteiger charge is -2.15. The highest BCUT2D eigenvalue weighted by molar-refractivity contribution is 6.24. The minimum absolute atomic E-state index is 0.537. The van der Waals surface area contributed by atoms with E-state index >= 15 is 0 Å². The minimum Gasteiger partial charge on any atom is -0.455 e. The summed E-state index contributed by atoms with van der Waals surface area (Å²) in [6.45, 7) is 0. The van der Waals surface area contributed by atoms with Crippen LogP contribution in [-0.4, -0.2) is 24.1 Å². The van der Waals surface area contributed by atoms with E-state index in [1.165, 1.54) is 21.7 Å². The lowest BCUT2D eigenvalue weighted by atomic mass is 9.95. The van der Waals surface area contributed by atoms with Crippen LogP contribution in [0.1, 0.15) is 0 Å². The standard InChI is InChI=1S/C69H41N5O/c1-2-18-45(19-3-1)67-70-68(60-39-46-20-5-7-23-50(46)51-24-8-9-25-52(51)60)72-69(71-67)74-62-31-14-11-27-54(62)57-38-37-56-53-26-10-13-30-61(53)73(64(56)65(57)74)47-40-58(66-59(41-47)55-28-12-15-32-63(55)75-66)44-35-33-43(34-36-44)49-29-16-21-42-17-4-6-22-48(42)49/h1-41H. The Hall–Kier alpha value is -10.2. The van der Waals surface area contributed by atoms with Crippen LogP contribution >= 0.6 is 0 Å². The number of para-hydroxylation sites is 3. The van der Waals surface area contributed by atoms with Crippen molar-refractivity contribution in [1.82, 2.24) is 24.1 Å². The summed E-state index contributed by atoms with van der Waals surface area (Å²) >= 11 is 0. The summed E-state index contributed by atoms with van der Waals surface area (Å²) in [5, 5.41) is 13.6. The van der Waals surface area contributed by atoms with Gasteiger partial charge in [-0.15, -0.1) is 0 Å². The molecular formula is C69H41N5O. The molecule has 0 unspecified atom stereocenters. The van der Waals surface area contributed by atoms with E-state index in [9.17, 15) is 0 Å². The van der Waals surface area contributed by atoms with E-state index in [0.29, 0.717) is 17.6 Å². The summed E-state index contributed by atoms with van der Waals surface area (Å²) in [6, 6.07) is 88.7. The first-order chi connectivity index (χ1) is 37.2. The molecule has 0 atom stereocenters. The Kier molecular flexibility index (Phi) is 8.94. The monoisotopic (exact) mass is 955 g/mol. The normalized spacial score (nSPS) is 12.0. The summed E-state index contributed by atoms with van der Waals surface area (Å²) in [6.07, 6.45) is 0. The van der Waals surface area contributed by atoms with Gasteiger partial charge < -0.3 is 8.98 Å². The largest absolute Gasteiger partial charge is 0.455 e. The Labute approximate surface area is 429 Å². The first-order valence-electron chi connectivity index (χ1n) is 25.4. The van der Waals surface area contributed by atoms with E-state index < -0.39 is 0 Å². The first-order valence-corrected chi connectivity index (χ1v) is 25.4. The number of hydrogen-bond donors (Lipinski definition) is 0. The van der Waals surface area contributed by atoms with Gasteiger partial charge in [0.15, 0.2) is 11.6 Å². The molecule has 4 aromatic heterocycles. The molecule has 16 aromatic rings. The van der Waals surface area contributed by atoms with Crippen LogP contribution in [0.25, 0.3) is 155 Å². The lowest BCUT2D eigenvalue weighted by molar-refractivity contribution is 0.670. The number of hydrogen-bond acceptors (Lipinski definition) is 4. The van der Waals surface area contributed by atoms with Crippen molar-refractivity contribution >= 4 is 97.9 Å². The van der Waals surface area contributed by atoms with E-state index in [1.54, 1.807) is 0 Å². The van der Waals surface area contributed by atoms with Crippen LogP contribution in [0.5, 0.6) is 0 Å². The molecule has 0 fully saturated rings. The molecule has 4 heterocycles. The van der Waals surface area contributed by atoms with Crippen LogP contribution in [0.4, 0.5) is 0 Å². The fourth-order valence-corrected chi connectivity index (χ4v) is 12.0. The first kappa shape index (κ1) is 41.4. The maximum atomic E-state index is 6.85. The van der Waals surface area contributed by atoms with Gasteiger partial charge in [0, 0.05) is 54.7 Å². The zero-order valence-corrected chi connectivity index (χ0v) is 40.3. The molecule has 0 radical (unpaired) electrons. The third kappa shape index (κ3) is 6.30. The zero-order valence-electron chi connectivity index (χ0n) is 40.3. The third-order valence-corrected chi connectivity index (χ3v) is 15.4. The average Bonchev–Trinajstić information content (AvgIpc) is 4.15. The van der Waals surface area contributed by atoms with Crippen LogP contribution in [0.2, 0.25) is 0 Å². The molecule has 6 nitrogen and oxygen atoms in total. The van der Waals surface area contributed by atoms with Gasteiger partial charge in [-0.3, -0.25) is 4.57 Å². The number of furan rings is 1. The van der Waals surface area contributed by atoms with Gasteiger partial charge in [0.25, 0.3) is 0 Å². The summed E-state index contributed by atoms with van der Waals surface area (Å²) in [7, 11) is 0. The van der Waals surface area contributed by atoms with Gasteiger partial charge in [-0.25, -0.2) is 4.98 Å². The smallest absolute Gasteiger partial charge is 0.238 e. The molecule has 16 rings (SSSR count). The molecule has 0 aliphatic carbocycles. The molecule has 0 bridgehead atoms. The molecule has 75 heavy (non-hydrogen) atoms. The van der Waals surface area contributed by atoms with Crippen LogP contribution in [-0.2, 0) is 0 Å². The van der Waals surface area contributed by atoms with Crippen molar-refractivity contribution in [2.24, 2.45) is 0 Å². The van der Waals surface area contributed by atoms with Gasteiger partial charge >= 0.3 is 0 Å². The molecule has 0 spiro atoms. The van der Waals surface area contributed by atoms with E-state index in [2.05, 4.69) is 234 Å². The topological polar surface area (TPSA) is 61.7 Å². The van der Waals surface area contributed by atoms with Crippen molar-refractivity contribution in [3.8, 4) is 56.7 Å². The minimum atomic E-state index is 0.537. The van der Waals surface area contributed by atoms with Gasteiger partial charge in [-0.2, -0.15) is 9.97 Å². The predicted molar refractivity (Wildman–Crippen MR) is 310 cm³/mol. The Bertz CT molecular complexity index is 5000. The molecule has 0 aliphatic rings. The fourth-order valence-electron chi connectivity index (χ4n) is 12.0. The maximum Gasteiger partial charge on any atom is 0.238 e. The van der Waals surface area contributed by atoms with E-state index in [4.69, 9.17) is 19.4 Å². The molecular weight excluding hydrogens is 915 g/mol. The van der Waals surface area contributed by atoms with Crippen LogP contribution in [0.3, 0.4) is 0 Å². The molecule has 348 valence electrons. The van der Waals surface area contributed by atoms with E-state index in [0.717, 1.165) is 115 Å². The Balaban J connectivity index is 0.996. The summed E-state index contributed by atoms with van der Waals surface area (Å²) < 4.78 is 11.6. The van der Waals surface area contributed by atoms with Gasteiger partial charge in [0.05, 0.1) is 22.1 Å². The average molecular weight is 956 g/mol. The van der Waals surface area contributed by atoms with Crippen LogP contribution in [0.15, 0.2) is 253 Å². The van der Waals surface area contributed by atoms with Gasteiger partial charge in [0.1, 0.15) is 11.2 Å². The van der Waals surface area contributed by atoms with Crippen molar-refractivity contribution in [3.63, 3.8) is 0 Å². The van der Waals surface area contributed by atoms with Gasteiger partial charge in [-0.05, 0) is 85.4 Å². The maximum absolute atomic E-state index is 6.85. The van der Waals surface area contributed by atoms with Crippen LogP contribution in [0, 0.1) is 0 Å². The highest BCUT2D eigenvalue weighted by atomic mass is 16.3. The number of benzene rings is 12. The number of aromatic nitrogens is 5. The zero-order chi connectivity index (χ0) is 49.1. The second kappa shape index (κ2) is 16.2. The van der Waals surface area contributed by atoms with Gasteiger partial charge in [0.2, 0.25) is 5.95 Å². The molecule has 12 aromatic carbocycles. The molecule has 0 aliphatic heterocycles. The summed E-state index contributed by atoms with van der Waals surface area (Å²) in [4.78, 5) is 16.4. The summed E-state index contributed by atoms with van der Waals surface area (Å²) in [5.41, 5.74) is 13.2. The number of nitrogens with zero attached hydrogens (tertiary/aromatic N) is 5. The lowest BCUT2D eigenvalue weighted by Crippen LogP contribution is -2.07. The highest BCUT2D eigenvalue weighted by Gasteiger charge is 2.25. The van der Waals surface area contributed by atoms with Crippen molar-refractivity contribution in [2.75, 3.05) is 0 Å². The predicted octanol–water partition coefficient (Wildman–Crippen LogP) is 18.1. The highest BCUT2D eigenvalue weighted by Crippen LogP contribution is 2.45. The van der Waals surface area contributed by atoms with Crippen molar-refractivity contribution in [1.29, 1.82) is 0 Å². The van der Waals surface area contributed by atoms with Gasteiger partial charge in [-0.1, -0.05) is 212 Å². The van der Waals surface area contributed by atoms with Crippen molar-refractivity contribution in [3.05, 3.63) is 249 Å². The van der Waals surface area contributed by atoms with E-state index in [1.807, 2.05) is 24.3 Å². The second-order valence-corrected chi connectivity index (χ2v) is 19.5. The summed E-state index contributed by atoms with van der Waals surface area (Å²) in [5.74, 6) is 1.74. The van der Waals surface area contributed by atoms with Crippen molar-refractivity contribution in [2.45, 2.75) is 0 Å². The molecule has 6 heteroatoms.